The van der Waals surface area contributed by atoms with Crippen LogP contribution in [0.25, 0.3) is 16.9 Å². The fourth-order valence-electron chi connectivity index (χ4n) is 4.03. The molecule has 0 bridgehead atoms. The van der Waals surface area contributed by atoms with Gasteiger partial charge in [-0.3, -0.25) is 9.59 Å². The second-order valence-electron chi connectivity index (χ2n) is 9.31. The molecule has 3 heterocycles. The summed E-state index contributed by atoms with van der Waals surface area (Å²) in [5.41, 5.74) is 5.27. The van der Waals surface area contributed by atoms with E-state index in [2.05, 4.69) is 15.4 Å². The zero-order valence-electron chi connectivity index (χ0n) is 22.0. The van der Waals surface area contributed by atoms with Crippen molar-refractivity contribution < 1.29 is 32.3 Å². The highest BCUT2D eigenvalue weighted by atomic mass is 32.1. The third kappa shape index (κ3) is 5.55. The number of anilines is 1. The lowest BCUT2D eigenvalue weighted by Gasteiger charge is -2.12. The topological polar surface area (TPSA) is 129 Å². The zero-order chi connectivity index (χ0) is 29.4. The Morgan fingerprint density at radius 3 is 2.42 bits per heavy atom. The number of rotatable bonds is 8. The van der Waals surface area contributed by atoms with Crippen LogP contribution in [-0.4, -0.2) is 39.0 Å². The van der Waals surface area contributed by atoms with Crippen molar-refractivity contribution in [3.63, 3.8) is 0 Å². The average molecular weight is 574 g/mol. The second-order valence-corrected chi connectivity index (χ2v) is 10.3. The minimum absolute atomic E-state index is 0.00324. The van der Waals surface area contributed by atoms with Gasteiger partial charge in [-0.2, -0.15) is 18.3 Å². The Kier molecular flexibility index (Phi) is 7.96. The number of hydrogen-bond donors (Lipinski definition) is 2. The first-order valence-corrected chi connectivity index (χ1v) is 13.1. The first-order valence-electron chi connectivity index (χ1n) is 12.3. The normalized spacial score (nSPS) is 11.7. The molecular formula is C27H26F3N5O4S. The number of alkyl halides is 3. The Labute approximate surface area is 231 Å². The van der Waals surface area contributed by atoms with Crippen LogP contribution in [0.4, 0.5) is 18.2 Å². The summed E-state index contributed by atoms with van der Waals surface area (Å²) >= 11 is 0.763. The molecular weight excluding hydrogens is 547 g/mol. The van der Waals surface area contributed by atoms with Crippen LogP contribution < -0.4 is 11.1 Å². The van der Waals surface area contributed by atoms with Crippen LogP contribution in [-0.2, 0) is 10.9 Å². The van der Waals surface area contributed by atoms with Crippen molar-refractivity contribution in [2.24, 2.45) is 5.73 Å². The first kappa shape index (κ1) is 28.7. The highest BCUT2D eigenvalue weighted by Crippen LogP contribution is 2.36. The lowest BCUT2D eigenvalue weighted by Crippen LogP contribution is -2.17. The summed E-state index contributed by atoms with van der Waals surface area (Å²) < 4.78 is 47.8. The first-order chi connectivity index (χ1) is 18.8. The quantitative estimate of drug-likeness (QED) is 0.255. The largest absolute Gasteiger partial charge is 0.462 e. The lowest BCUT2D eigenvalue weighted by atomic mass is 10.0. The molecule has 0 atom stereocenters. The van der Waals surface area contributed by atoms with Gasteiger partial charge in [-0.1, -0.05) is 45.0 Å². The number of hydrogen-bond acceptors (Lipinski definition) is 7. The smallest absolute Gasteiger partial charge is 0.433 e. The molecule has 2 amide bonds. The molecule has 13 heteroatoms. The van der Waals surface area contributed by atoms with Gasteiger partial charge in [-0.05, 0) is 36.5 Å². The molecule has 40 heavy (non-hydrogen) atoms. The number of halogens is 3. The van der Waals surface area contributed by atoms with E-state index in [4.69, 9.17) is 10.5 Å². The molecule has 0 fully saturated rings. The van der Waals surface area contributed by atoms with Crippen LogP contribution in [0.2, 0.25) is 0 Å². The number of carbonyl (C=O) groups excluding carboxylic acids is 3. The van der Waals surface area contributed by atoms with Gasteiger partial charge in [0, 0.05) is 5.56 Å². The van der Waals surface area contributed by atoms with E-state index in [0.29, 0.717) is 16.5 Å². The Hall–Kier alpha value is -4.26. The van der Waals surface area contributed by atoms with E-state index >= 15 is 0 Å². The maximum Gasteiger partial charge on any atom is 0.433 e. The number of nitrogens with zero attached hydrogens (tertiary/aromatic N) is 3. The van der Waals surface area contributed by atoms with Crippen LogP contribution >= 0.6 is 11.3 Å². The van der Waals surface area contributed by atoms with Crippen LogP contribution in [0.15, 0.2) is 36.5 Å². The summed E-state index contributed by atoms with van der Waals surface area (Å²) in [4.78, 5) is 42.3. The highest BCUT2D eigenvalue weighted by Gasteiger charge is 2.36. The maximum atomic E-state index is 14.0. The number of benzene rings is 1. The Balaban J connectivity index is 1.80. The number of primary amides is 1. The number of nitrogens with two attached hydrogens (primary N) is 1. The third-order valence-corrected chi connectivity index (χ3v) is 7.34. The fourth-order valence-corrected chi connectivity index (χ4v) is 5.07. The van der Waals surface area contributed by atoms with Crippen molar-refractivity contribution in [1.29, 1.82) is 0 Å². The standard InChI is InChI=1S/C27H26F3N5O4S/c1-5-10-39-26(38)20-14(4)21(22(31)36)40-25(20)34-24(37)17-12-32-35-19(27(28,29)30)11-18(33-23(17)35)16-8-6-15(7-9-16)13(2)3/h6-9,11-13H,5,10H2,1-4H3,(H2,31,36)(H,34,37). The van der Waals surface area contributed by atoms with Crippen molar-refractivity contribution >= 4 is 39.8 Å². The van der Waals surface area contributed by atoms with Crippen molar-refractivity contribution in [1.82, 2.24) is 14.6 Å². The van der Waals surface area contributed by atoms with Gasteiger partial charge in [0.25, 0.3) is 11.8 Å². The maximum absolute atomic E-state index is 14.0. The van der Waals surface area contributed by atoms with Crippen LogP contribution in [0.5, 0.6) is 0 Å². The molecule has 9 nitrogen and oxygen atoms in total. The molecule has 0 saturated carbocycles. The molecule has 1 aromatic carbocycles. The minimum atomic E-state index is -4.80. The van der Waals surface area contributed by atoms with Crippen LogP contribution in [0, 0.1) is 6.92 Å². The number of esters is 1. The Morgan fingerprint density at radius 2 is 1.85 bits per heavy atom. The van der Waals surface area contributed by atoms with Gasteiger partial charge in [0.2, 0.25) is 0 Å². The predicted octanol–water partition coefficient (Wildman–Crippen LogP) is 5.83. The van der Waals surface area contributed by atoms with Gasteiger partial charge in [-0.25, -0.2) is 14.3 Å². The average Bonchev–Trinajstić information content (AvgIpc) is 3.47. The van der Waals surface area contributed by atoms with E-state index < -0.39 is 29.7 Å². The zero-order valence-corrected chi connectivity index (χ0v) is 22.9. The molecule has 3 N–H and O–H groups in total. The summed E-state index contributed by atoms with van der Waals surface area (Å²) in [7, 11) is 0. The van der Waals surface area contributed by atoms with E-state index in [1.807, 2.05) is 13.8 Å². The van der Waals surface area contributed by atoms with E-state index in [1.54, 1.807) is 31.2 Å². The number of nitrogens with one attached hydrogen (secondary N) is 1. The molecule has 0 saturated heterocycles. The fraction of sp³-hybridized carbons (Fsp3) is 0.296. The van der Waals surface area contributed by atoms with Crippen LogP contribution in [0.1, 0.15) is 80.3 Å². The summed E-state index contributed by atoms with van der Waals surface area (Å²) in [5.74, 6) is -2.25. The Morgan fingerprint density at radius 1 is 1.18 bits per heavy atom. The van der Waals surface area contributed by atoms with Crippen molar-refractivity contribution in [3.8, 4) is 11.3 Å². The number of carbonyl (C=O) groups is 3. The SMILES string of the molecule is CCCOC(=O)c1c(NC(=O)c2cnn3c(C(F)(F)F)cc(-c4ccc(C(C)C)cc4)nc23)sc(C(N)=O)c1C. The molecule has 0 aliphatic carbocycles. The number of ether oxygens (including phenoxy) is 1. The van der Waals surface area contributed by atoms with Gasteiger partial charge in [-0.15, -0.1) is 11.3 Å². The highest BCUT2D eigenvalue weighted by molar-refractivity contribution is 7.18. The number of fused-ring (bicyclic) bond motifs is 1. The van der Waals surface area contributed by atoms with Crippen molar-refractivity contribution in [3.05, 3.63) is 69.4 Å². The van der Waals surface area contributed by atoms with Crippen LogP contribution in [0.3, 0.4) is 0 Å². The number of aromatic nitrogens is 3. The van der Waals surface area contributed by atoms with Gasteiger partial charge >= 0.3 is 12.1 Å². The third-order valence-electron chi connectivity index (χ3n) is 6.12. The molecule has 0 aliphatic heterocycles. The molecule has 4 rings (SSSR count). The summed E-state index contributed by atoms with van der Waals surface area (Å²) in [6.07, 6.45) is -3.30. The Bertz CT molecular complexity index is 1610. The summed E-state index contributed by atoms with van der Waals surface area (Å²) in [6, 6.07) is 7.81. The summed E-state index contributed by atoms with van der Waals surface area (Å²) in [5, 5.41) is 6.26. The molecule has 3 aromatic heterocycles. The van der Waals surface area contributed by atoms with Crippen molar-refractivity contribution in [2.75, 3.05) is 11.9 Å². The summed E-state index contributed by atoms with van der Waals surface area (Å²) in [6.45, 7) is 7.37. The minimum Gasteiger partial charge on any atom is -0.462 e. The van der Waals surface area contributed by atoms with E-state index in [-0.39, 0.29) is 50.4 Å². The predicted molar refractivity (Wildman–Crippen MR) is 144 cm³/mol. The van der Waals surface area contributed by atoms with Gasteiger partial charge in [0.15, 0.2) is 11.3 Å². The van der Waals surface area contributed by atoms with E-state index in [9.17, 15) is 27.6 Å². The van der Waals surface area contributed by atoms with E-state index in [0.717, 1.165) is 29.2 Å². The van der Waals surface area contributed by atoms with Gasteiger partial charge in [0.1, 0.15) is 10.6 Å². The number of amides is 2. The van der Waals surface area contributed by atoms with Gasteiger partial charge in [0.05, 0.1) is 28.9 Å². The molecule has 210 valence electrons. The molecule has 0 unspecified atom stereocenters. The molecule has 0 spiro atoms. The number of thiophene rings is 1. The monoisotopic (exact) mass is 573 g/mol. The van der Waals surface area contributed by atoms with Gasteiger partial charge < -0.3 is 15.8 Å². The molecule has 4 aromatic rings. The molecule has 0 aliphatic rings. The van der Waals surface area contributed by atoms with E-state index in [1.165, 1.54) is 6.92 Å². The molecule has 0 radical (unpaired) electrons. The lowest BCUT2D eigenvalue weighted by molar-refractivity contribution is -0.142. The second kappa shape index (κ2) is 11.1. The van der Waals surface area contributed by atoms with Crippen molar-refractivity contribution in [2.45, 2.75) is 46.2 Å².